The molecule has 0 aliphatic rings. The van der Waals surface area contributed by atoms with Gasteiger partial charge in [-0.3, -0.25) is 9.35 Å². The van der Waals surface area contributed by atoms with E-state index in [9.17, 15) is 17.6 Å². The van der Waals surface area contributed by atoms with Crippen molar-refractivity contribution in [3.63, 3.8) is 0 Å². The highest BCUT2D eigenvalue weighted by Crippen LogP contribution is 2.09. The molecular formula is C18H16FNO5S. The summed E-state index contributed by atoms with van der Waals surface area (Å²) in [4.78, 5) is 11.4. The van der Waals surface area contributed by atoms with E-state index in [1.54, 1.807) is 12.1 Å². The summed E-state index contributed by atoms with van der Waals surface area (Å²) in [5.74, 6) is 4.78. The Labute approximate surface area is 150 Å². The van der Waals surface area contributed by atoms with Crippen molar-refractivity contribution in [2.45, 2.75) is 11.5 Å². The molecule has 0 bridgehead atoms. The van der Waals surface area contributed by atoms with Gasteiger partial charge in [-0.15, -0.1) is 0 Å². The van der Waals surface area contributed by atoms with Crippen LogP contribution in [0.2, 0.25) is 0 Å². The second-order valence-electron chi connectivity index (χ2n) is 5.20. The van der Waals surface area contributed by atoms with Gasteiger partial charge in [-0.1, -0.05) is 24.0 Å². The minimum atomic E-state index is -4.22. The van der Waals surface area contributed by atoms with Crippen LogP contribution < -0.4 is 5.32 Å². The molecule has 0 radical (unpaired) electrons. The molecule has 0 aliphatic carbocycles. The van der Waals surface area contributed by atoms with Crippen molar-refractivity contribution in [1.29, 1.82) is 0 Å². The van der Waals surface area contributed by atoms with E-state index >= 15 is 0 Å². The summed E-state index contributed by atoms with van der Waals surface area (Å²) in [6, 6.07) is 11.2. The lowest BCUT2D eigenvalue weighted by molar-refractivity contribution is -0.125. The molecule has 0 atom stereocenters. The van der Waals surface area contributed by atoms with Crippen LogP contribution in [0.15, 0.2) is 53.4 Å². The molecule has 2 N–H and O–H groups in total. The summed E-state index contributed by atoms with van der Waals surface area (Å²) in [7, 11) is -4.22. The Balaban J connectivity index is 1.71. The van der Waals surface area contributed by atoms with Gasteiger partial charge in [0.05, 0.1) is 18.0 Å². The maximum atomic E-state index is 12.7. The fourth-order valence-electron chi connectivity index (χ4n) is 1.89. The first kappa shape index (κ1) is 19.6. The first-order chi connectivity index (χ1) is 12.3. The lowest BCUT2D eigenvalue weighted by Gasteiger charge is -2.04. The summed E-state index contributed by atoms with van der Waals surface area (Å²) < 4.78 is 48.7. The third-order valence-electron chi connectivity index (χ3n) is 3.17. The molecule has 2 aromatic rings. The molecule has 0 saturated carbocycles. The summed E-state index contributed by atoms with van der Waals surface area (Å²) in [6.45, 7) is 0.139. The zero-order valence-electron chi connectivity index (χ0n) is 13.6. The van der Waals surface area contributed by atoms with Gasteiger partial charge >= 0.3 is 0 Å². The predicted octanol–water partition coefficient (Wildman–Crippen LogP) is 1.76. The topological polar surface area (TPSA) is 92.7 Å². The SMILES string of the molecule is O=C(COCc1ccc(F)cc1)NCC#Cc1ccc(S(=O)(=O)O)cc1. The highest BCUT2D eigenvalue weighted by molar-refractivity contribution is 7.85. The number of benzene rings is 2. The molecule has 6 nitrogen and oxygen atoms in total. The van der Waals surface area contributed by atoms with E-state index in [1.165, 1.54) is 36.4 Å². The van der Waals surface area contributed by atoms with E-state index in [0.29, 0.717) is 5.56 Å². The third-order valence-corrected chi connectivity index (χ3v) is 4.04. The van der Waals surface area contributed by atoms with E-state index in [-0.39, 0.29) is 36.4 Å². The van der Waals surface area contributed by atoms with E-state index in [1.807, 2.05) is 0 Å². The van der Waals surface area contributed by atoms with Gasteiger partial charge in [0.25, 0.3) is 10.1 Å². The molecule has 136 valence electrons. The van der Waals surface area contributed by atoms with Crippen molar-refractivity contribution in [1.82, 2.24) is 5.32 Å². The fraction of sp³-hybridized carbons (Fsp3) is 0.167. The molecule has 0 saturated heterocycles. The van der Waals surface area contributed by atoms with Crippen molar-refractivity contribution in [3.05, 3.63) is 65.5 Å². The molecule has 0 spiro atoms. The average molecular weight is 377 g/mol. The molecule has 0 aromatic heterocycles. The lowest BCUT2D eigenvalue weighted by Crippen LogP contribution is -2.27. The average Bonchev–Trinajstić information content (AvgIpc) is 2.60. The number of rotatable bonds is 6. The molecule has 0 unspecified atom stereocenters. The second kappa shape index (κ2) is 9.10. The van der Waals surface area contributed by atoms with E-state index in [2.05, 4.69) is 17.2 Å². The predicted molar refractivity (Wildman–Crippen MR) is 92.2 cm³/mol. The van der Waals surface area contributed by atoms with Gasteiger partial charge in [-0.2, -0.15) is 8.42 Å². The lowest BCUT2D eigenvalue weighted by atomic mass is 10.2. The van der Waals surface area contributed by atoms with Crippen LogP contribution in [-0.2, 0) is 26.3 Å². The Kier molecular flexibility index (Phi) is 6.86. The summed E-state index contributed by atoms with van der Waals surface area (Å²) in [5, 5.41) is 2.55. The smallest absolute Gasteiger partial charge is 0.294 e. The first-order valence-corrected chi connectivity index (χ1v) is 8.94. The Morgan fingerprint density at radius 2 is 1.77 bits per heavy atom. The van der Waals surface area contributed by atoms with Gasteiger partial charge in [-0.25, -0.2) is 4.39 Å². The van der Waals surface area contributed by atoms with Crippen LogP contribution in [0.5, 0.6) is 0 Å². The number of hydrogen-bond acceptors (Lipinski definition) is 4. The van der Waals surface area contributed by atoms with Crippen molar-refractivity contribution in [2.24, 2.45) is 0 Å². The van der Waals surface area contributed by atoms with Crippen LogP contribution in [0.1, 0.15) is 11.1 Å². The molecule has 0 heterocycles. The summed E-state index contributed by atoms with van der Waals surface area (Å²) in [5.41, 5.74) is 1.30. The number of nitrogens with one attached hydrogen (secondary N) is 1. The van der Waals surface area contributed by atoms with Gasteiger partial charge in [0.1, 0.15) is 12.4 Å². The largest absolute Gasteiger partial charge is 0.367 e. The van der Waals surface area contributed by atoms with Crippen molar-refractivity contribution < 1.29 is 26.9 Å². The molecule has 2 aromatic carbocycles. The minimum Gasteiger partial charge on any atom is -0.367 e. The molecule has 8 heteroatoms. The molecule has 0 fully saturated rings. The Morgan fingerprint density at radius 1 is 1.12 bits per heavy atom. The number of hydrogen-bond donors (Lipinski definition) is 2. The van der Waals surface area contributed by atoms with Gasteiger partial charge in [0.2, 0.25) is 5.91 Å². The number of carbonyl (C=O) groups is 1. The molecule has 2 rings (SSSR count). The minimum absolute atomic E-state index is 0.0960. The second-order valence-corrected chi connectivity index (χ2v) is 6.62. The number of halogens is 1. The first-order valence-electron chi connectivity index (χ1n) is 7.50. The van der Waals surface area contributed by atoms with E-state index in [0.717, 1.165) is 5.56 Å². The highest BCUT2D eigenvalue weighted by Gasteiger charge is 2.07. The van der Waals surface area contributed by atoms with Gasteiger partial charge < -0.3 is 10.1 Å². The van der Waals surface area contributed by atoms with E-state index in [4.69, 9.17) is 9.29 Å². The Morgan fingerprint density at radius 3 is 2.38 bits per heavy atom. The van der Waals surface area contributed by atoms with Crippen molar-refractivity contribution >= 4 is 16.0 Å². The monoisotopic (exact) mass is 377 g/mol. The van der Waals surface area contributed by atoms with Crippen LogP contribution >= 0.6 is 0 Å². The zero-order chi connectivity index (χ0) is 19.0. The zero-order valence-corrected chi connectivity index (χ0v) is 14.4. The maximum absolute atomic E-state index is 12.7. The van der Waals surface area contributed by atoms with Gasteiger partial charge in [0.15, 0.2) is 0 Å². The molecule has 0 aliphatic heterocycles. The summed E-state index contributed by atoms with van der Waals surface area (Å²) >= 11 is 0. The number of ether oxygens (including phenoxy) is 1. The normalized spacial score (nSPS) is 10.7. The highest BCUT2D eigenvalue weighted by atomic mass is 32.2. The van der Waals surface area contributed by atoms with Crippen LogP contribution in [0.4, 0.5) is 4.39 Å². The molecule has 1 amide bonds. The molecular weight excluding hydrogens is 361 g/mol. The van der Waals surface area contributed by atoms with Gasteiger partial charge in [-0.05, 0) is 42.0 Å². The summed E-state index contributed by atoms with van der Waals surface area (Å²) in [6.07, 6.45) is 0. The standard InChI is InChI=1S/C18H16FNO5S/c19-16-7-3-15(4-8-16)12-25-13-18(21)20-11-1-2-14-5-9-17(10-6-14)26(22,23)24/h3-10H,11-13H2,(H,20,21)(H,22,23,24). The van der Waals surface area contributed by atoms with Crippen LogP contribution in [0.25, 0.3) is 0 Å². The Bertz CT molecular complexity index is 913. The Hall–Kier alpha value is -2.73. The number of carbonyl (C=O) groups excluding carboxylic acids is 1. The van der Waals surface area contributed by atoms with Crippen LogP contribution in [0.3, 0.4) is 0 Å². The molecule has 26 heavy (non-hydrogen) atoms. The third kappa shape index (κ3) is 6.64. The van der Waals surface area contributed by atoms with Crippen LogP contribution in [-0.4, -0.2) is 32.0 Å². The van der Waals surface area contributed by atoms with Crippen molar-refractivity contribution in [2.75, 3.05) is 13.2 Å². The van der Waals surface area contributed by atoms with E-state index < -0.39 is 10.1 Å². The van der Waals surface area contributed by atoms with Crippen molar-refractivity contribution in [3.8, 4) is 11.8 Å². The fourth-order valence-corrected chi connectivity index (χ4v) is 2.37. The van der Waals surface area contributed by atoms with Crippen LogP contribution in [0, 0.1) is 17.7 Å². The quantitative estimate of drug-likeness (QED) is 0.591. The number of amides is 1. The maximum Gasteiger partial charge on any atom is 0.294 e. The van der Waals surface area contributed by atoms with Gasteiger partial charge in [0, 0.05) is 5.56 Å².